The Labute approximate surface area is 163 Å². The molecule has 0 aromatic heterocycles. The van der Waals surface area contributed by atoms with E-state index in [1.807, 2.05) is 30.3 Å². The van der Waals surface area contributed by atoms with Crippen LogP contribution in [0.25, 0.3) is 0 Å². The molecule has 1 aliphatic carbocycles. The van der Waals surface area contributed by atoms with Crippen LogP contribution in [0.1, 0.15) is 41.6 Å². The Morgan fingerprint density at radius 2 is 1.85 bits per heavy atom. The number of methoxy groups -OCH3 is 2. The van der Waals surface area contributed by atoms with Crippen molar-refractivity contribution in [2.45, 2.75) is 31.1 Å². The van der Waals surface area contributed by atoms with Crippen LogP contribution in [-0.4, -0.2) is 26.7 Å². The van der Waals surface area contributed by atoms with E-state index in [1.54, 1.807) is 20.3 Å². The van der Waals surface area contributed by atoms with Crippen LogP contribution >= 0.6 is 15.9 Å². The average molecular weight is 418 g/mol. The van der Waals surface area contributed by atoms with Gasteiger partial charge in [0.15, 0.2) is 0 Å². The van der Waals surface area contributed by atoms with Crippen molar-refractivity contribution < 1.29 is 14.3 Å². The molecule has 1 amide bonds. The van der Waals surface area contributed by atoms with Crippen LogP contribution in [0, 0.1) is 0 Å². The van der Waals surface area contributed by atoms with Gasteiger partial charge >= 0.3 is 0 Å². The predicted molar refractivity (Wildman–Crippen MR) is 106 cm³/mol. The standard InChI is InChI=1S/C21H24BrNO3/c1-25-15-9-10-18(22)16(13-15)20(24)23-14-21(11-5-6-12-21)17-7-3-4-8-19(17)26-2/h3-4,7-10,13H,5-6,11-12,14H2,1-2H3,(H,23,24). The minimum Gasteiger partial charge on any atom is -0.497 e. The number of carbonyl (C=O) groups is 1. The summed E-state index contributed by atoms with van der Waals surface area (Å²) in [4.78, 5) is 12.8. The summed E-state index contributed by atoms with van der Waals surface area (Å²) in [6.07, 6.45) is 4.42. The maximum absolute atomic E-state index is 12.8. The SMILES string of the molecule is COc1ccc(Br)c(C(=O)NCC2(c3ccccc3OC)CCCC2)c1. The molecule has 4 nitrogen and oxygen atoms in total. The molecule has 138 valence electrons. The number of para-hydroxylation sites is 1. The Morgan fingerprint density at radius 3 is 2.54 bits per heavy atom. The third kappa shape index (κ3) is 3.73. The number of amides is 1. The Balaban J connectivity index is 1.83. The van der Waals surface area contributed by atoms with Crippen molar-refractivity contribution >= 4 is 21.8 Å². The summed E-state index contributed by atoms with van der Waals surface area (Å²) in [5, 5.41) is 3.14. The van der Waals surface area contributed by atoms with Gasteiger partial charge in [-0.05, 0) is 53.0 Å². The van der Waals surface area contributed by atoms with Gasteiger partial charge in [-0.2, -0.15) is 0 Å². The topological polar surface area (TPSA) is 47.6 Å². The van der Waals surface area contributed by atoms with E-state index in [0.717, 1.165) is 35.9 Å². The van der Waals surface area contributed by atoms with E-state index in [-0.39, 0.29) is 11.3 Å². The molecule has 0 saturated heterocycles. The molecule has 0 aliphatic heterocycles. The highest BCUT2D eigenvalue weighted by Crippen LogP contribution is 2.44. The first-order valence-corrected chi connectivity index (χ1v) is 9.64. The zero-order valence-corrected chi connectivity index (χ0v) is 16.8. The summed E-state index contributed by atoms with van der Waals surface area (Å²) in [6.45, 7) is 0.593. The first-order valence-electron chi connectivity index (χ1n) is 8.85. The van der Waals surface area contributed by atoms with Gasteiger partial charge in [-0.25, -0.2) is 0 Å². The molecule has 1 fully saturated rings. The minimum absolute atomic E-state index is 0.0758. The van der Waals surface area contributed by atoms with Crippen molar-refractivity contribution in [1.82, 2.24) is 5.32 Å². The van der Waals surface area contributed by atoms with E-state index < -0.39 is 0 Å². The van der Waals surface area contributed by atoms with Crippen LogP contribution in [0.3, 0.4) is 0 Å². The molecule has 0 unspecified atom stereocenters. The molecule has 1 saturated carbocycles. The fraction of sp³-hybridized carbons (Fsp3) is 0.381. The maximum Gasteiger partial charge on any atom is 0.252 e. The number of halogens is 1. The first kappa shape index (κ1) is 18.8. The zero-order chi connectivity index (χ0) is 18.6. The molecule has 0 atom stereocenters. The van der Waals surface area contributed by atoms with E-state index in [0.29, 0.717) is 17.9 Å². The van der Waals surface area contributed by atoms with Crippen LogP contribution in [0.4, 0.5) is 0 Å². The van der Waals surface area contributed by atoms with E-state index >= 15 is 0 Å². The van der Waals surface area contributed by atoms with Crippen molar-refractivity contribution in [3.63, 3.8) is 0 Å². The maximum atomic E-state index is 12.8. The quantitative estimate of drug-likeness (QED) is 0.740. The highest BCUT2D eigenvalue weighted by Gasteiger charge is 2.38. The number of hydrogen-bond donors (Lipinski definition) is 1. The molecule has 2 aromatic carbocycles. The fourth-order valence-corrected chi connectivity index (χ4v) is 4.25. The van der Waals surface area contributed by atoms with Crippen molar-refractivity contribution in [2.24, 2.45) is 0 Å². The Hall–Kier alpha value is -2.01. The van der Waals surface area contributed by atoms with Crippen molar-refractivity contribution in [1.29, 1.82) is 0 Å². The first-order chi connectivity index (χ1) is 12.6. The van der Waals surface area contributed by atoms with Gasteiger partial charge in [0.1, 0.15) is 11.5 Å². The predicted octanol–water partition coefficient (Wildman–Crippen LogP) is 4.71. The van der Waals surface area contributed by atoms with Gasteiger partial charge in [-0.1, -0.05) is 31.0 Å². The van der Waals surface area contributed by atoms with Gasteiger partial charge in [0.05, 0.1) is 19.8 Å². The molecular formula is C21H24BrNO3. The highest BCUT2D eigenvalue weighted by molar-refractivity contribution is 9.10. The van der Waals surface area contributed by atoms with Gasteiger partial charge in [0.2, 0.25) is 0 Å². The molecule has 26 heavy (non-hydrogen) atoms. The average Bonchev–Trinajstić information content (AvgIpc) is 3.16. The fourth-order valence-electron chi connectivity index (χ4n) is 3.83. The van der Waals surface area contributed by atoms with E-state index in [4.69, 9.17) is 9.47 Å². The normalized spacial score (nSPS) is 15.5. The lowest BCUT2D eigenvalue weighted by Gasteiger charge is -2.31. The van der Waals surface area contributed by atoms with E-state index in [1.165, 1.54) is 5.56 Å². The lowest BCUT2D eigenvalue weighted by molar-refractivity contribution is 0.0941. The smallest absolute Gasteiger partial charge is 0.252 e. The number of benzene rings is 2. The molecule has 0 spiro atoms. The third-order valence-electron chi connectivity index (χ3n) is 5.24. The van der Waals surface area contributed by atoms with Crippen LogP contribution in [0.2, 0.25) is 0 Å². The largest absolute Gasteiger partial charge is 0.497 e. The summed E-state index contributed by atoms with van der Waals surface area (Å²) in [5.41, 5.74) is 1.69. The molecule has 1 N–H and O–H groups in total. The van der Waals surface area contributed by atoms with Crippen molar-refractivity contribution in [3.05, 3.63) is 58.1 Å². The van der Waals surface area contributed by atoms with Gasteiger partial charge in [0, 0.05) is 22.0 Å². The van der Waals surface area contributed by atoms with E-state index in [2.05, 4.69) is 27.3 Å². The summed E-state index contributed by atoms with van der Waals surface area (Å²) < 4.78 is 11.6. The van der Waals surface area contributed by atoms with Crippen LogP contribution < -0.4 is 14.8 Å². The van der Waals surface area contributed by atoms with Crippen molar-refractivity contribution in [3.8, 4) is 11.5 Å². The monoisotopic (exact) mass is 417 g/mol. The Kier molecular flexibility index (Phi) is 5.87. The van der Waals surface area contributed by atoms with Gasteiger partial charge in [-0.3, -0.25) is 4.79 Å². The second-order valence-electron chi connectivity index (χ2n) is 6.72. The third-order valence-corrected chi connectivity index (χ3v) is 5.94. The molecule has 0 radical (unpaired) electrons. The van der Waals surface area contributed by atoms with Crippen LogP contribution in [0.15, 0.2) is 46.9 Å². The highest BCUT2D eigenvalue weighted by atomic mass is 79.9. The molecule has 3 rings (SSSR count). The summed E-state index contributed by atoms with van der Waals surface area (Å²) in [7, 11) is 3.30. The number of ether oxygens (including phenoxy) is 2. The zero-order valence-electron chi connectivity index (χ0n) is 15.2. The molecular weight excluding hydrogens is 394 g/mol. The minimum atomic E-state index is -0.100. The number of rotatable bonds is 6. The van der Waals surface area contributed by atoms with Crippen molar-refractivity contribution in [2.75, 3.05) is 20.8 Å². The molecule has 5 heteroatoms. The lowest BCUT2D eigenvalue weighted by atomic mass is 9.78. The Bertz CT molecular complexity index is 785. The molecule has 1 aliphatic rings. The van der Waals surface area contributed by atoms with Gasteiger partial charge in [-0.15, -0.1) is 0 Å². The second kappa shape index (κ2) is 8.12. The Morgan fingerprint density at radius 1 is 1.12 bits per heavy atom. The summed E-state index contributed by atoms with van der Waals surface area (Å²) in [5.74, 6) is 1.46. The molecule has 0 heterocycles. The van der Waals surface area contributed by atoms with E-state index in [9.17, 15) is 4.79 Å². The second-order valence-corrected chi connectivity index (χ2v) is 7.57. The summed E-state index contributed by atoms with van der Waals surface area (Å²) in [6, 6.07) is 13.6. The summed E-state index contributed by atoms with van der Waals surface area (Å²) >= 11 is 3.46. The van der Waals surface area contributed by atoms with Gasteiger partial charge in [0.25, 0.3) is 5.91 Å². The van der Waals surface area contributed by atoms with Gasteiger partial charge < -0.3 is 14.8 Å². The number of carbonyl (C=O) groups excluding carboxylic acids is 1. The number of hydrogen-bond acceptors (Lipinski definition) is 3. The molecule has 2 aromatic rings. The van der Waals surface area contributed by atoms with Crippen LogP contribution in [0.5, 0.6) is 11.5 Å². The van der Waals surface area contributed by atoms with Crippen LogP contribution in [-0.2, 0) is 5.41 Å². The number of nitrogens with one attached hydrogen (secondary N) is 1. The lowest BCUT2D eigenvalue weighted by Crippen LogP contribution is -2.39. The molecule has 0 bridgehead atoms.